The van der Waals surface area contributed by atoms with Gasteiger partial charge in [0, 0.05) is 24.3 Å². The molecular formula is C28H46FNO2. The first kappa shape index (κ1) is 30.0. The van der Waals surface area contributed by atoms with Gasteiger partial charge in [0.1, 0.15) is 11.6 Å². The number of halogens is 1. The maximum absolute atomic E-state index is 14.4. The van der Waals surface area contributed by atoms with Gasteiger partial charge in [0.25, 0.3) is 0 Å². The number of benzene rings is 1. The highest BCUT2D eigenvalue weighted by Gasteiger charge is 2.17. The Morgan fingerprint density at radius 2 is 1.53 bits per heavy atom. The standard InChI is InChI=1S/C19H24FNO2.C6H14.C3H8/c1-12(13(2)21-14(3)15(4)22)18-10-9-17(11-19(18)20)23-16-7-5-6-8-16;1-3-5-6-4-2;1-3-2/h9-11,16H,5-8H2,1-4H3;3-6H2,1-2H3;3H2,1-2H3/b13-12+,21-14?;;. The van der Waals surface area contributed by atoms with Gasteiger partial charge in [-0.25, -0.2) is 4.39 Å². The molecular weight excluding hydrogens is 401 g/mol. The molecule has 0 aliphatic heterocycles. The summed E-state index contributed by atoms with van der Waals surface area (Å²) in [7, 11) is 0. The Bertz CT molecular complexity index is 727. The molecule has 1 aromatic carbocycles. The summed E-state index contributed by atoms with van der Waals surface area (Å²) >= 11 is 0. The lowest BCUT2D eigenvalue weighted by atomic mass is 10.0. The zero-order valence-electron chi connectivity index (χ0n) is 21.8. The van der Waals surface area contributed by atoms with Crippen LogP contribution in [0.15, 0.2) is 28.9 Å². The Morgan fingerprint density at radius 1 is 1.00 bits per heavy atom. The molecule has 0 N–H and O–H groups in total. The zero-order chi connectivity index (χ0) is 24.5. The van der Waals surface area contributed by atoms with E-state index in [-0.39, 0.29) is 17.7 Å². The number of unbranched alkanes of at least 4 members (excludes halogenated alkanes) is 3. The Hall–Kier alpha value is -1.97. The maximum atomic E-state index is 14.4. The van der Waals surface area contributed by atoms with Crippen LogP contribution in [0, 0.1) is 5.82 Å². The van der Waals surface area contributed by atoms with E-state index >= 15 is 0 Å². The van der Waals surface area contributed by atoms with Gasteiger partial charge in [0.2, 0.25) is 0 Å². The molecule has 1 saturated carbocycles. The molecule has 1 fully saturated rings. The van der Waals surface area contributed by atoms with Gasteiger partial charge in [-0.05, 0) is 64.2 Å². The maximum Gasteiger partial charge on any atom is 0.173 e. The van der Waals surface area contributed by atoms with Gasteiger partial charge in [-0.3, -0.25) is 9.79 Å². The predicted molar refractivity (Wildman–Crippen MR) is 137 cm³/mol. The number of hydrogen-bond donors (Lipinski definition) is 0. The second-order valence-electron chi connectivity index (χ2n) is 8.54. The molecule has 4 heteroatoms. The quantitative estimate of drug-likeness (QED) is 0.294. The Labute approximate surface area is 196 Å². The molecule has 0 bridgehead atoms. The fraction of sp³-hybridized carbons (Fsp3) is 0.643. The molecule has 3 nitrogen and oxygen atoms in total. The molecule has 2 rings (SSSR count). The van der Waals surface area contributed by atoms with Gasteiger partial charge >= 0.3 is 0 Å². The summed E-state index contributed by atoms with van der Waals surface area (Å²) < 4.78 is 20.2. The summed E-state index contributed by atoms with van der Waals surface area (Å²) in [4.78, 5) is 15.5. The molecule has 1 aliphatic carbocycles. The van der Waals surface area contributed by atoms with Gasteiger partial charge in [0.05, 0.1) is 11.8 Å². The highest BCUT2D eigenvalue weighted by atomic mass is 19.1. The zero-order valence-corrected chi connectivity index (χ0v) is 21.8. The van der Waals surface area contributed by atoms with E-state index in [4.69, 9.17) is 4.74 Å². The van der Waals surface area contributed by atoms with Crippen LogP contribution >= 0.6 is 0 Å². The van der Waals surface area contributed by atoms with Gasteiger partial charge in [-0.2, -0.15) is 0 Å². The van der Waals surface area contributed by atoms with Crippen molar-refractivity contribution in [3.63, 3.8) is 0 Å². The van der Waals surface area contributed by atoms with Crippen LogP contribution in [0.1, 0.15) is 119 Å². The molecule has 182 valence electrons. The fourth-order valence-corrected chi connectivity index (χ4v) is 3.18. The average Bonchev–Trinajstić information content (AvgIpc) is 3.25. The molecule has 0 saturated heterocycles. The summed E-state index contributed by atoms with van der Waals surface area (Å²) in [5.74, 6) is 0.165. The number of ether oxygens (including phenoxy) is 1. The van der Waals surface area contributed by atoms with Crippen molar-refractivity contribution in [2.75, 3.05) is 0 Å². The van der Waals surface area contributed by atoms with Crippen molar-refractivity contribution < 1.29 is 13.9 Å². The van der Waals surface area contributed by atoms with Crippen LogP contribution in [-0.4, -0.2) is 17.6 Å². The van der Waals surface area contributed by atoms with E-state index in [1.807, 2.05) is 6.92 Å². The monoisotopic (exact) mass is 447 g/mol. The van der Waals surface area contributed by atoms with Crippen molar-refractivity contribution in [2.24, 2.45) is 4.99 Å². The lowest BCUT2D eigenvalue weighted by molar-refractivity contribution is -0.111. The summed E-state index contributed by atoms with van der Waals surface area (Å²) in [6.45, 7) is 15.4. The van der Waals surface area contributed by atoms with E-state index in [1.54, 1.807) is 26.0 Å². The van der Waals surface area contributed by atoms with E-state index in [9.17, 15) is 9.18 Å². The molecule has 0 unspecified atom stereocenters. The Kier molecular flexibility index (Phi) is 16.5. The number of allylic oxidation sites excluding steroid dienone is 2. The Balaban J connectivity index is 0.000000908. The van der Waals surface area contributed by atoms with Crippen molar-refractivity contribution >= 4 is 17.1 Å². The van der Waals surface area contributed by atoms with Crippen molar-refractivity contribution in [1.29, 1.82) is 0 Å². The van der Waals surface area contributed by atoms with E-state index in [2.05, 4.69) is 32.7 Å². The molecule has 0 atom stereocenters. The number of aliphatic imine (C=N–C) groups is 1. The third-order valence-corrected chi connectivity index (χ3v) is 5.29. The predicted octanol–water partition coefficient (Wildman–Crippen LogP) is 8.95. The average molecular weight is 448 g/mol. The largest absolute Gasteiger partial charge is 0.490 e. The normalized spacial score (nSPS) is 14.6. The number of rotatable bonds is 8. The van der Waals surface area contributed by atoms with Crippen molar-refractivity contribution in [2.45, 2.75) is 119 Å². The topological polar surface area (TPSA) is 38.7 Å². The fourth-order valence-electron chi connectivity index (χ4n) is 3.18. The first-order valence-electron chi connectivity index (χ1n) is 12.4. The first-order chi connectivity index (χ1) is 15.2. The first-order valence-corrected chi connectivity index (χ1v) is 12.4. The molecule has 1 aromatic rings. The second-order valence-corrected chi connectivity index (χ2v) is 8.54. The smallest absolute Gasteiger partial charge is 0.173 e. The number of Topliss-reactive ketones (excluding diaryl/α,β-unsaturated/α-hetero) is 1. The summed E-state index contributed by atoms with van der Waals surface area (Å²) in [6.07, 6.45) is 11.4. The summed E-state index contributed by atoms with van der Waals surface area (Å²) in [5.41, 5.74) is 2.27. The third-order valence-electron chi connectivity index (χ3n) is 5.29. The van der Waals surface area contributed by atoms with Crippen LogP contribution in [0.25, 0.3) is 5.57 Å². The number of hydrogen-bond acceptors (Lipinski definition) is 3. The highest BCUT2D eigenvalue weighted by Crippen LogP contribution is 2.28. The molecule has 0 amide bonds. The minimum absolute atomic E-state index is 0.0852. The van der Waals surface area contributed by atoms with Crippen LogP contribution in [0.2, 0.25) is 0 Å². The molecule has 32 heavy (non-hydrogen) atoms. The van der Waals surface area contributed by atoms with Crippen LogP contribution in [0.4, 0.5) is 4.39 Å². The van der Waals surface area contributed by atoms with E-state index < -0.39 is 0 Å². The van der Waals surface area contributed by atoms with E-state index in [0.29, 0.717) is 22.7 Å². The van der Waals surface area contributed by atoms with Crippen molar-refractivity contribution in [3.8, 4) is 5.75 Å². The number of carbonyl (C=O) groups is 1. The minimum Gasteiger partial charge on any atom is -0.490 e. The van der Waals surface area contributed by atoms with Gasteiger partial charge < -0.3 is 4.74 Å². The number of carbonyl (C=O) groups excluding carboxylic acids is 1. The molecule has 0 radical (unpaired) electrons. The third kappa shape index (κ3) is 12.2. The summed E-state index contributed by atoms with van der Waals surface area (Å²) in [6, 6.07) is 4.96. The molecule has 0 aromatic heterocycles. The molecule has 0 spiro atoms. The van der Waals surface area contributed by atoms with Crippen molar-refractivity contribution in [1.82, 2.24) is 0 Å². The summed E-state index contributed by atoms with van der Waals surface area (Å²) in [5, 5.41) is 0. The Morgan fingerprint density at radius 3 is 1.97 bits per heavy atom. The van der Waals surface area contributed by atoms with Crippen LogP contribution < -0.4 is 4.74 Å². The second kappa shape index (κ2) is 17.6. The SMILES string of the molecule is CC(=O)C(C)=N/C(C)=C(\C)c1ccc(OC2CCCC2)cc1F.CCC.CCCCCC. The number of ketones is 1. The van der Waals surface area contributed by atoms with Gasteiger partial charge in [-0.15, -0.1) is 0 Å². The highest BCUT2D eigenvalue weighted by molar-refractivity contribution is 6.38. The minimum atomic E-state index is -0.326. The van der Waals surface area contributed by atoms with Crippen LogP contribution in [0.5, 0.6) is 5.75 Å². The molecule has 0 heterocycles. The van der Waals surface area contributed by atoms with Crippen molar-refractivity contribution in [3.05, 3.63) is 35.3 Å². The van der Waals surface area contributed by atoms with Crippen LogP contribution in [-0.2, 0) is 4.79 Å². The lowest BCUT2D eigenvalue weighted by Gasteiger charge is -2.14. The van der Waals surface area contributed by atoms with E-state index in [0.717, 1.165) is 18.4 Å². The van der Waals surface area contributed by atoms with Crippen LogP contribution in [0.3, 0.4) is 0 Å². The van der Waals surface area contributed by atoms with Gasteiger partial charge in [0.15, 0.2) is 5.78 Å². The lowest BCUT2D eigenvalue weighted by Crippen LogP contribution is -2.11. The van der Waals surface area contributed by atoms with E-state index in [1.165, 1.54) is 57.9 Å². The molecule has 1 aliphatic rings. The van der Waals surface area contributed by atoms with Gasteiger partial charge in [-0.1, -0.05) is 59.8 Å². The number of nitrogens with zero attached hydrogens (tertiary/aromatic N) is 1.